The van der Waals surface area contributed by atoms with Gasteiger partial charge in [0.25, 0.3) is 11.5 Å². The van der Waals surface area contributed by atoms with E-state index in [-0.39, 0.29) is 47.1 Å². The van der Waals surface area contributed by atoms with Crippen molar-refractivity contribution in [3.8, 4) is 0 Å². The zero-order valence-corrected chi connectivity index (χ0v) is 37.7. The van der Waals surface area contributed by atoms with E-state index in [1.165, 1.54) is 6.92 Å². The maximum absolute atomic E-state index is 13.6. The Hall–Kier alpha value is -5.76. The largest absolute Gasteiger partial charge is 0.379 e. The number of hydrogen-bond donors (Lipinski definition) is 2. The number of hydrogen-bond acceptors (Lipinski definition) is 15. The number of aromatic nitrogens is 4. The lowest BCUT2D eigenvalue weighted by molar-refractivity contribution is -0.137. The molecule has 19 heteroatoms. The average Bonchev–Trinajstić information content (AvgIpc) is 3.95. The summed E-state index contributed by atoms with van der Waals surface area (Å²) < 4.78 is 18.7. The van der Waals surface area contributed by atoms with Crippen LogP contribution in [0.3, 0.4) is 0 Å². The van der Waals surface area contributed by atoms with E-state index in [2.05, 4.69) is 25.5 Å². The fraction of sp³-hybridized carbons (Fsp3) is 0.500. The van der Waals surface area contributed by atoms with Gasteiger partial charge in [-0.3, -0.25) is 38.7 Å². The molecule has 0 bridgehead atoms. The Kier molecular flexibility index (Phi) is 14.8. The van der Waals surface area contributed by atoms with E-state index in [4.69, 9.17) is 19.2 Å². The number of carbonyl (C=O) groups is 5. The first-order valence-electron chi connectivity index (χ1n) is 22.4. The molecule has 3 aromatic heterocycles. The average molecular weight is 910 g/mol. The van der Waals surface area contributed by atoms with Crippen LogP contribution in [0.4, 0.5) is 17.5 Å². The van der Waals surface area contributed by atoms with Gasteiger partial charge in [-0.05, 0) is 68.5 Å². The fourth-order valence-electron chi connectivity index (χ4n) is 9.05. The molecule has 1 saturated carbocycles. The second kappa shape index (κ2) is 21.0. The highest BCUT2D eigenvalue weighted by molar-refractivity contribution is 7.99. The summed E-state index contributed by atoms with van der Waals surface area (Å²) in [5.41, 5.74) is 3.46. The molecular formula is C46H55N9O9S. The Morgan fingerprint density at radius 3 is 2.32 bits per heavy atom. The number of ether oxygens (including phenoxy) is 3. The van der Waals surface area contributed by atoms with Crippen LogP contribution < -0.4 is 21.1 Å². The number of anilines is 3. The Morgan fingerprint density at radius 2 is 1.62 bits per heavy atom. The Morgan fingerprint density at radius 1 is 0.877 bits per heavy atom. The standard InChI is InChI=1S/C46H55N9O9S/c1-29-34-27-48-46(51-42(34)55(31-6-3-4-7-31)45(61)41(29)30(2)56)49-38-12-10-32(26-47-38)52-15-17-53(18-16-52)40(58)14-19-62-20-21-63-22-23-64-24-25-65-37-9-5-8-33-35(37)28-54(44(33)60)36-11-13-39(57)50-43(36)59/h5,8-10,12,26-27,31,36H,3-4,6-7,11,13-25,28H2,1-2H3,(H,50,57,59)(H,47,48,49,51). The topological polar surface area (TPSA) is 207 Å². The monoisotopic (exact) mass is 909 g/mol. The molecule has 1 unspecified atom stereocenters. The number of carbonyl (C=O) groups excluding carboxylic acids is 5. The summed E-state index contributed by atoms with van der Waals surface area (Å²) in [4.78, 5) is 96.4. The number of piperazine rings is 1. The van der Waals surface area contributed by atoms with Gasteiger partial charge < -0.3 is 34.2 Å². The third-order valence-corrected chi connectivity index (χ3v) is 13.5. The summed E-state index contributed by atoms with van der Waals surface area (Å²) >= 11 is 1.60. The van der Waals surface area contributed by atoms with Crippen molar-refractivity contribution in [1.29, 1.82) is 0 Å². The highest BCUT2D eigenvalue weighted by atomic mass is 32.2. The summed E-state index contributed by atoms with van der Waals surface area (Å²) in [6.45, 7) is 8.48. The summed E-state index contributed by atoms with van der Waals surface area (Å²) in [7, 11) is 0. The van der Waals surface area contributed by atoms with E-state index in [1.54, 1.807) is 46.6 Å². The van der Waals surface area contributed by atoms with E-state index in [9.17, 15) is 28.8 Å². The predicted molar refractivity (Wildman–Crippen MR) is 243 cm³/mol. The first-order chi connectivity index (χ1) is 31.6. The third-order valence-electron chi connectivity index (χ3n) is 12.5. The lowest BCUT2D eigenvalue weighted by Gasteiger charge is -2.36. The van der Waals surface area contributed by atoms with Gasteiger partial charge in [0.2, 0.25) is 23.7 Å². The number of nitrogens with zero attached hydrogens (tertiary/aromatic N) is 7. The molecule has 4 amide bonds. The quantitative estimate of drug-likeness (QED) is 0.0585. The van der Waals surface area contributed by atoms with Gasteiger partial charge in [0.15, 0.2) is 5.78 Å². The smallest absolute Gasteiger partial charge is 0.263 e. The van der Waals surface area contributed by atoms with E-state index < -0.39 is 11.9 Å². The highest BCUT2D eigenvalue weighted by Gasteiger charge is 2.40. The van der Waals surface area contributed by atoms with Crippen LogP contribution in [0.5, 0.6) is 0 Å². The number of pyridine rings is 2. The fourth-order valence-corrected chi connectivity index (χ4v) is 9.99. The molecule has 1 aliphatic carbocycles. The number of ketones is 1. The zero-order valence-electron chi connectivity index (χ0n) is 36.8. The summed E-state index contributed by atoms with van der Waals surface area (Å²) in [6.07, 6.45) is 8.08. The number of amides is 4. The van der Waals surface area contributed by atoms with Gasteiger partial charge >= 0.3 is 0 Å². The van der Waals surface area contributed by atoms with Crippen LogP contribution in [-0.4, -0.2) is 136 Å². The van der Waals surface area contributed by atoms with Gasteiger partial charge in [-0.1, -0.05) is 18.9 Å². The molecule has 0 spiro atoms. The van der Waals surface area contributed by atoms with Gasteiger partial charge in [-0.25, -0.2) is 9.97 Å². The first-order valence-corrected chi connectivity index (χ1v) is 23.4. The molecule has 18 nitrogen and oxygen atoms in total. The van der Waals surface area contributed by atoms with Gasteiger partial charge in [-0.2, -0.15) is 4.98 Å². The highest BCUT2D eigenvalue weighted by Crippen LogP contribution is 2.35. The van der Waals surface area contributed by atoms with E-state index in [0.717, 1.165) is 41.8 Å². The molecule has 2 saturated heterocycles. The van der Waals surface area contributed by atoms with E-state index in [1.807, 2.05) is 29.2 Å². The van der Waals surface area contributed by atoms with E-state index >= 15 is 0 Å². The number of thioether (sulfide) groups is 1. The number of fused-ring (bicyclic) bond motifs is 2. The molecule has 0 radical (unpaired) electrons. The van der Waals surface area contributed by atoms with E-state index in [0.29, 0.717) is 125 Å². The Balaban J connectivity index is 0.689. The summed E-state index contributed by atoms with van der Waals surface area (Å²) in [5.74, 6) is 0.431. The third kappa shape index (κ3) is 10.5. The van der Waals surface area contributed by atoms with Crippen LogP contribution in [0, 0.1) is 6.92 Å². The van der Waals surface area contributed by atoms with Crippen molar-refractivity contribution in [2.24, 2.45) is 0 Å². The molecule has 65 heavy (non-hydrogen) atoms. The van der Waals surface area contributed by atoms with Gasteiger partial charge in [0.05, 0.1) is 63.5 Å². The molecule has 4 aliphatic rings. The van der Waals surface area contributed by atoms with Crippen molar-refractivity contribution in [3.05, 3.63) is 75.3 Å². The molecule has 3 aliphatic heterocycles. The van der Waals surface area contributed by atoms with Crippen LogP contribution in [0.1, 0.15) is 89.8 Å². The number of imide groups is 1. The molecule has 3 fully saturated rings. The molecule has 8 rings (SSSR count). The van der Waals surface area contributed by atoms with Crippen molar-refractivity contribution in [2.45, 2.75) is 82.3 Å². The number of nitrogens with one attached hydrogen (secondary N) is 2. The molecule has 6 heterocycles. The van der Waals surface area contributed by atoms with Crippen LogP contribution in [-0.2, 0) is 35.1 Å². The lowest BCUT2D eigenvalue weighted by Crippen LogP contribution is -2.52. The number of piperidine rings is 1. The summed E-state index contributed by atoms with van der Waals surface area (Å²) in [5, 5.41) is 6.20. The second-order valence-electron chi connectivity index (χ2n) is 16.6. The minimum atomic E-state index is -0.639. The van der Waals surface area contributed by atoms with Crippen molar-refractivity contribution < 1.29 is 38.2 Å². The predicted octanol–water partition coefficient (Wildman–Crippen LogP) is 4.20. The van der Waals surface area contributed by atoms with Gasteiger partial charge in [-0.15, -0.1) is 11.8 Å². The maximum Gasteiger partial charge on any atom is 0.263 e. The lowest BCUT2D eigenvalue weighted by atomic mass is 10.0. The van der Waals surface area contributed by atoms with Crippen LogP contribution in [0.25, 0.3) is 11.0 Å². The van der Waals surface area contributed by atoms with Crippen molar-refractivity contribution >= 4 is 69.7 Å². The minimum absolute atomic E-state index is 0.00813. The molecule has 344 valence electrons. The zero-order chi connectivity index (χ0) is 45.5. The Labute approximate surface area is 380 Å². The van der Waals surface area contributed by atoms with Crippen molar-refractivity contribution in [3.63, 3.8) is 0 Å². The van der Waals surface area contributed by atoms with Crippen molar-refractivity contribution in [2.75, 3.05) is 81.8 Å². The molecule has 1 aromatic carbocycles. The number of Topliss-reactive ketones (excluding diaryl/α,β-unsaturated/α-hetero) is 1. The molecule has 2 N–H and O–H groups in total. The molecular weight excluding hydrogens is 855 g/mol. The van der Waals surface area contributed by atoms with Crippen molar-refractivity contribution in [1.82, 2.24) is 34.6 Å². The number of aryl methyl sites for hydroxylation is 1. The molecule has 4 aromatic rings. The molecule has 1 atom stereocenters. The van der Waals surface area contributed by atoms with Crippen LogP contribution in [0.2, 0.25) is 0 Å². The maximum atomic E-state index is 13.6. The van der Waals surface area contributed by atoms with Crippen LogP contribution in [0.15, 0.2) is 52.4 Å². The SMILES string of the molecule is CC(=O)c1c(C)c2cnc(Nc3ccc(N4CCN(C(=O)CCOCCOCCOCCSc5cccc6c5CN(C5CCC(=O)NC5=O)C6=O)CC4)cn3)nc2n(C2CCCC2)c1=O. The van der Waals surface area contributed by atoms with Gasteiger partial charge in [0.1, 0.15) is 17.5 Å². The summed E-state index contributed by atoms with van der Waals surface area (Å²) in [6, 6.07) is 8.77. The number of benzene rings is 1. The van der Waals surface area contributed by atoms with Crippen LogP contribution >= 0.6 is 11.8 Å². The second-order valence-corrected chi connectivity index (χ2v) is 17.7. The normalized spacial score (nSPS) is 17.8. The van der Waals surface area contributed by atoms with Gasteiger partial charge in [0, 0.05) is 73.0 Å². The number of rotatable bonds is 19. The first kappa shape index (κ1) is 45.8. The minimum Gasteiger partial charge on any atom is -0.379 e. The Bertz CT molecular complexity index is 2490.